The molecule has 2 unspecified atom stereocenters. The highest BCUT2D eigenvalue weighted by Gasteiger charge is 2.41. The van der Waals surface area contributed by atoms with E-state index in [-0.39, 0.29) is 5.76 Å². The van der Waals surface area contributed by atoms with Crippen LogP contribution in [-0.4, -0.2) is 28.5 Å². The molecule has 1 fully saturated rings. The maximum atomic E-state index is 9.56. The standard InChI is InChI=1S/C7H12O3/c1-5(8)7(9)3-4-10-6(7)2/h5,8-9H,2-4H2,1H3. The Labute approximate surface area is 59.9 Å². The van der Waals surface area contributed by atoms with Gasteiger partial charge in [0, 0.05) is 6.42 Å². The van der Waals surface area contributed by atoms with Crippen molar-refractivity contribution < 1.29 is 14.9 Å². The van der Waals surface area contributed by atoms with Crippen LogP contribution in [0.5, 0.6) is 0 Å². The van der Waals surface area contributed by atoms with Gasteiger partial charge >= 0.3 is 0 Å². The van der Waals surface area contributed by atoms with E-state index in [1.807, 2.05) is 0 Å². The molecule has 1 saturated heterocycles. The van der Waals surface area contributed by atoms with Gasteiger partial charge in [0.05, 0.1) is 12.7 Å². The van der Waals surface area contributed by atoms with Crippen molar-refractivity contribution in [2.45, 2.75) is 25.0 Å². The average molecular weight is 144 g/mol. The van der Waals surface area contributed by atoms with Crippen molar-refractivity contribution in [2.24, 2.45) is 0 Å². The van der Waals surface area contributed by atoms with Gasteiger partial charge in [-0.15, -0.1) is 0 Å². The highest BCUT2D eigenvalue weighted by Crippen LogP contribution is 2.30. The van der Waals surface area contributed by atoms with E-state index >= 15 is 0 Å². The summed E-state index contributed by atoms with van der Waals surface area (Å²) in [4.78, 5) is 0. The molecule has 1 heterocycles. The van der Waals surface area contributed by atoms with Gasteiger partial charge in [0.1, 0.15) is 11.4 Å². The Bertz CT molecular complexity index is 153. The Balaban J connectivity index is 2.75. The maximum Gasteiger partial charge on any atom is 0.149 e. The molecule has 0 aromatic carbocycles. The lowest BCUT2D eigenvalue weighted by Gasteiger charge is -2.23. The molecule has 3 heteroatoms. The second-order valence-corrected chi connectivity index (χ2v) is 2.62. The van der Waals surface area contributed by atoms with Crippen LogP contribution in [0.4, 0.5) is 0 Å². The van der Waals surface area contributed by atoms with Crippen molar-refractivity contribution in [2.75, 3.05) is 6.61 Å². The zero-order valence-electron chi connectivity index (χ0n) is 6.00. The largest absolute Gasteiger partial charge is 0.495 e. The smallest absolute Gasteiger partial charge is 0.149 e. The molecule has 1 aliphatic rings. The normalized spacial score (nSPS) is 35.7. The van der Waals surface area contributed by atoms with E-state index in [1.54, 1.807) is 0 Å². The van der Waals surface area contributed by atoms with Crippen LogP contribution < -0.4 is 0 Å². The number of ether oxygens (including phenoxy) is 1. The van der Waals surface area contributed by atoms with Crippen LogP contribution in [0.1, 0.15) is 13.3 Å². The molecule has 0 radical (unpaired) electrons. The van der Waals surface area contributed by atoms with Crippen LogP contribution in [0.15, 0.2) is 12.3 Å². The average Bonchev–Trinajstić information content (AvgIpc) is 2.15. The molecule has 0 spiro atoms. The van der Waals surface area contributed by atoms with Gasteiger partial charge in [0.15, 0.2) is 0 Å². The molecule has 0 saturated carbocycles. The fourth-order valence-electron chi connectivity index (χ4n) is 1.04. The SMILES string of the molecule is C=C1OCCC1(O)C(C)O. The lowest BCUT2D eigenvalue weighted by Crippen LogP contribution is -2.39. The van der Waals surface area contributed by atoms with E-state index in [0.29, 0.717) is 13.0 Å². The van der Waals surface area contributed by atoms with Gasteiger partial charge in [-0.1, -0.05) is 6.58 Å². The molecule has 3 nitrogen and oxygen atoms in total. The van der Waals surface area contributed by atoms with Crippen molar-refractivity contribution in [3.05, 3.63) is 12.3 Å². The molecule has 0 bridgehead atoms. The topological polar surface area (TPSA) is 49.7 Å². The first-order valence-electron chi connectivity index (χ1n) is 3.30. The van der Waals surface area contributed by atoms with Gasteiger partial charge < -0.3 is 14.9 Å². The number of hydrogen-bond acceptors (Lipinski definition) is 3. The molecule has 2 N–H and O–H groups in total. The summed E-state index contributed by atoms with van der Waals surface area (Å²) >= 11 is 0. The summed E-state index contributed by atoms with van der Waals surface area (Å²) in [5.41, 5.74) is -1.21. The molecule has 1 rings (SSSR count). The number of aliphatic hydroxyl groups excluding tert-OH is 1. The molecule has 0 aromatic rings. The van der Waals surface area contributed by atoms with Crippen LogP contribution >= 0.6 is 0 Å². The van der Waals surface area contributed by atoms with Gasteiger partial charge in [0.2, 0.25) is 0 Å². The predicted octanol–water partition coefficient (Wildman–Crippen LogP) is 0.0323. The number of rotatable bonds is 1. The van der Waals surface area contributed by atoms with Crippen molar-refractivity contribution in [1.82, 2.24) is 0 Å². The molecule has 10 heavy (non-hydrogen) atoms. The molecule has 0 aromatic heterocycles. The first kappa shape index (κ1) is 7.57. The van der Waals surface area contributed by atoms with Gasteiger partial charge in [-0.05, 0) is 6.92 Å². The quantitative estimate of drug-likeness (QED) is 0.546. The minimum atomic E-state index is -1.21. The summed E-state index contributed by atoms with van der Waals surface area (Å²) in [5, 5.41) is 18.7. The Morgan fingerprint density at radius 3 is 2.60 bits per heavy atom. The van der Waals surface area contributed by atoms with Crippen LogP contribution in [0, 0.1) is 0 Å². The Kier molecular flexibility index (Phi) is 1.70. The second kappa shape index (κ2) is 2.25. The highest BCUT2D eigenvalue weighted by atomic mass is 16.5. The summed E-state index contributed by atoms with van der Waals surface area (Å²) in [5.74, 6) is 0.280. The molecular weight excluding hydrogens is 132 g/mol. The van der Waals surface area contributed by atoms with Crippen LogP contribution in [0.2, 0.25) is 0 Å². The van der Waals surface area contributed by atoms with E-state index in [0.717, 1.165) is 0 Å². The molecule has 2 atom stereocenters. The third-order valence-electron chi connectivity index (χ3n) is 1.93. The van der Waals surface area contributed by atoms with Gasteiger partial charge in [-0.2, -0.15) is 0 Å². The molecule has 0 aliphatic carbocycles. The minimum absolute atomic E-state index is 0.280. The molecule has 1 aliphatic heterocycles. The fraction of sp³-hybridized carbons (Fsp3) is 0.714. The summed E-state index contributed by atoms with van der Waals surface area (Å²) < 4.78 is 4.93. The second-order valence-electron chi connectivity index (χ2n) is 2.62. The summed E-state index contributed by atoms with van der Waals surface area (Å²) in [6.07, 6.45) is -0.369. The lowest BCUT2D eigenvalue weighted by molar-refractivity contribution is -0.0386. The third kappa shape index (κ3) is 0.914. The zero-order valence-corrected chi connectivity index (χ0v) is 6.00. The van der Waals surface area contributed by atoms with Crippen LogP contribution in [0.25, 0.3) is 0 Å². The predicted molar refractivity (Wildman–Crippen MR) is 36.3 cm³/mol. The fourth-order valence-corrected chi connectivity index (χ4v) is 1.04. The van der Waals surface area contributed by atoms with E-state index in [9.17, 15) is 5.11 Å². The van der Waals surface area contributed by atoms with Crippen LogP contribution in [-0.2, 0) is 4.74 Å². The Morgan fingerprint density at radius 1 is 1.80 bits per heavy atom. The van der Waals surface area contributed by atoms with Crippen molar-refractivity contribution >= 4 is 0 Å². The third-order valence-corrected chi connectivity index (χ3v) is 1.93. The van der Waals surface area contributed by atoms with Gasteiger partial charge in [-0.25, -0.2) is 0 Å². The molecule has 0 amide bonds. The summed E-state index contributed by atoms with van der Waals surface area (Å²) in [6.45, 7) is 5.47. The van der Waals surface area contributed by atoms with E-state index in [1.165, 1.54) is 6.92 Å². The highest BCUT2D eigenvalue weighted by molar-refractivity contribution is 5.12. The molecule has 58 valence electrons. The van der Waals surface area contributed by atoms with Crippen molar-refractivity contribution in [1.29, 1.82) is 0 Å². The first-order valence-corrected chi connectivity index (χ1v) is 3.30. The summed E-state index contributed by atoms with van der Waals surface area (Å²) in [6, 6.07) is 0. The number of aliphatic hydroxyl groups is 2. The van der Waals surface area contributed by atoms with Crippen LogP contribution in [0.3, 0.4) is 0 Å². The summed E-state index contributed by atoms with van der Waals surface area (Å²) in [7, 11) is 0. The maximum absolute atomic E-state index is 9.56. The Morgan fingerprint density at radius 2 is 2.40 bits per heavy atom. The van der Waals surface area contributed by atoms with E-state index in [2.05, 4.69) is 6.58 Å². The molecular formula is C7H12O3. The van der Waals surface area contributed by atoms with Gasteiger partial charge in [0.25, 0.3) is 0 Å². The Hall–Kier alpha value is -0.540. The lowest BCUT2D eigenvalue weighted by atomic mass is 9.95. The zero-order chi connectivity index (χ0) is 7.78. The minimum Gasteiger partial charge on any atom is -0.495 e. The monoisotopic (exact) mass is 144 g/mol. The number of hydrogen-bond donors (Lipinski definition) is 2. The van der Waals surface area contributed by atoms with Crippen molar-refractivity contribution in [3.63, 3.8) is 0 Å². The van der Waals surface area contributed by atoms with Crippen molar-refractivity contribution in [3.8, 4) is 0 Å². The first-order chi connectivity index (χ1) is 4.57. The van der Waals surface area contributed by atoms with E-state index < -0.39 is 11.7 Å². The van der Waals surface area contributed by atoms with E-state index in [4.69, 9.17) is 9.84 Å². The van der Waals surface area contributed by atoms with Gasteiger partial charge in [-0.3, -0.25) is 0 Å².